The average Bonchev–Trinajstić information content (AvgIpc) is 2.30. The van der Waals surface area contributed by atoms with Gasteiger partial charge < -0.3 is 11.5 Å². The third-order valence-electron chi connectivity index (χ3n) is 3.59. The summed E-state index contributed by atoms with van der Waals surface area (Å²) >= 11 is 0. The lowest BCUT2D eigenvalue weighted by atomic mass is 9.80. The second kappa shape index (κ2) is 4.93. The van der Waals surface area contributed by atoms with Gasteiger partial charge in [0.05, 0.1) is 0 Å². The Bertz CT molecular complexity index is 346. The lowest BCUT2D eigenvalue weighted by Gasteiger charge is -2.30. The van der Waals surface area contributed by atoms with E-state index in [-0.39, 0.29) is 11.9 Å². The molecule has 88 valence electrons. The number of nitrogens with two attached hydrogens (primary N) is 2. The van der Waals surface area contributed by atoms with E-state index in [0.29, 0.717) is 17.5 Å². The minimum atomic E-state index is -0.190. The maximum absolute atomic E-state index is 13.6. The molecule has 0 heterocycles. The van der Waals surface area contributed by atoms with E-state index in [1.165, 1.54) is 6.07 Å². The molecule has 0 radical (unpaired) electrons. The van der Waals surface area contributed by atoms with Gasteiger partial charge in [0, 0.05) is 17.6 Å². The van der Waals surface area contributed by atoms with Gasteiger partial charge in [-0.2, -0.15) is 0 Å². The fourth-order valence-corrected chi connectivity index (χ4v) is 2.50. The molecular weight excluding hydrogens is 203 g/mol. The van der Waals surface area contributed by atoms with E-state index < -0.39 is 0 Å². The molecule has 1 aliphatic rings. The molecule has 0 spiro atoms. The molecule has 1 aromatic rings. The summed E-state index contributed by atoms with van der Waals surface area (Å²) in [6.45, 7) is 0. The monoisotopic (exact) mass is 222 g/mol. The van der Waals surface area contributed by atoms with Crippen molar-refractivity contribution in [2.75, 3.05) is 0 Å². The molecule has 1 aromatic carbocycles. The first-order valence-electron chi connectivity index (χ1n) is 5.94. The molecule has 0 bridgehead atoms. The Balaban J connectivity index is 2.07. The summed E-state index contributed by atoms with van der Waals surface area (Å²) in [6, 6.07) is 6.92. The zero-order valence-electron chi connectivity index (χ0n) is 9.40. The van der Waals surface area contributed by atoms with E-state index in [1.807, 2.05) is 6.07 Å². The van der Waals surface area contributed by atoms with Crippen LogP contribution in [0.4, 0.5) is 4.39 Å². The molecule has 16 heavy (non-hydrogen) atoms. The first kappa shape index (κ1) is 11.6. The standard InChI is InChI=1S/C13H19FN2/c14-12-4-2-1-3-11(12)13(16)9-5-7-10(15)8-6-9/h1-4,9-10,13H,5-8,15-16H2. The van der Waals surface area contributed by atoms with Crippen LogP contribution in [-0.2, 0) is 0 Å². The van der Waals surface area contributed by atoms with E-state index in [1.54, 1.807) is 12.1 Å². The number of hydrogen-bond donors (Lipinski definition) is 2. The molecule has 2 nitrogen and oxygen atoms in total. The van der Waals surface area contributed by atoms with E-state index in [9.17, 15) is 4.39 Å². The summed E-state index contributed by atoms with van der Waals surface area (Å²) < 4.78 is 13.6. The Kier molecular flexibility index (Phi) is 3.56. The fourth-order valence-electron chi connectivity index (χ4n) is 2.50. The number of halogens is 1. The van der Waals surface area contributed by atoms with Crippen LogP contribution in [0.3, 0.4) is 0 Å². The normalized spacial score (nSPS) is 27.7. The summed E-state index contributed by atoms with van der Waals surface area (Å²) in [5.41, 5.74) is 12.6. The van der Waals surface area contributed by atoms with Crippen LogP contribution in [-0.4, -0.2) is 6.04 Å². The van der Waals surface area contributed by atoms with Crippen molar-refractivity contribution in [3.8, 4) is 0 Å². The Morgan fingerprint density at radius 3 is 2.38 bits per heavy atom. The molecule has 0 saturated heterocycles. The van der Waals surface area contributed by atoms with Crippen molar-refractivity contribution in [1.29, 1.82) is 0 Å². The third kappa shape index (κ3) is 2.42. The largest absolute Gasteiger partial charge is 0.328 e. The SMILES string of the molecule is NC1CCC(C(N)c2ccccc2F)CC1. The molecule has 4 N–H and O–H groups in total. The average molecular weight is 222 g/mol. The molecule has 0 aromatic heterocycles. The first-order valence-corrected chi connectivity index (χ1v) is 5.94. The Morgan fingerprint density at radius 2 is 1.75 bits per heavy atom. The van der Waals surface area contributed by atoms with Crippen LogP contribution in [0.25, 0.3) is 0 Å². The van der Waals surface area contributed by atoms with Gasteiger partial charge in [-0.15, -0.1) is 0 Å². The molecule has 1 fully saturated rings. The molecule has 3 heteroatoms. The number of benzene rings is 1. The highest BCUT2D eigenvalue weighted by atomic mass is 19.1. The zero-order chi connectivity index (χ0) is 11.5. The zero-order valence-corrected chi connectivity index (χ0v) is 9.40. The smallest absolute Gasteiger partial charge is 0.127 e. The lowest BCUT2D eigenvalue weighted by molar-refractivity contribution is 0.281. The molecule has 1 atom stereocenters. The van der Waals surface area contributed by atoms with Gasteiger partial charge in [-0.05, 0) is 37.7 Å². The van der Waals surface area contributed by atoms with Crippen LogP contribution in [0.1, 0.15) is 37.3 Å². The summed E-state index contributed by atoms with van der Waals surface area (Å²) in [4.78, 5) is 0. The van der Waals surface area contributed by atoms with Crippen LogP contribution >= 0.6 is 0 Å². The Hall–Kier alpha value is -0.930. The van der Waals surface area contributed by atoms with Crippen molar-refractivity contribution in [3.63, 3.8) is 0 Å². The van der Waals surface area contributed by atoms with E-state index in [2.05, 4.69) is 0 Å². The predicted molar refractivity (Wildman–Crippen MR) is 63.3 cm³/mol. The second-order valence-electron chi connectivity index (χ2n) is 4.72. The third-order valence-corrected chi connectivity index (χ3v) is 3.59. The molecular formula is C13H19FN2. The maximum Gasteiger partial charge on any atom is 0.127 e. The topological polar surface area (TPSA) is 52.0 Å². The quantitative estimate of drug-likeness (QED) is 0.807. The molecule has 0 aliphatic heterocycles. The van der Waals surface area contributed by atoms with Crippen LogP contribution in [0.2, 0.25) is 0 Å². The summed E-state index contributed by atoms with van der Waals surface area (Å²) in [5, 5.41) is 0. The van der Waals surface area contributed by atoms with Crippen molar-refractivity contribution >= 4 is 0 Å². The minimum absolute atomic E-state index is 0.186. The van der Waals surface area contributed by atoms with Crippen molar-refractivity contribution in [1.82, 2.24) is 0 Å². The highest BCUT2D eigenvalue weighted by Crippen LogP contribution is 2.33. The summed E-state index contributed by atoms with van der Waals surface area (Å²) in [5.74, 6) is 0.182. The van der Waals surface area contributed by atoms with Crippen LogP contribution in [0.15, 0.2) is 24.3 Å². The van der Waals surface area contributed by atoms with E-state index in [4.69, 9.17) is 11.5 Å². The number of rotatable bonds is 2. The van der Waals surface area contributed by atoms with Crippen LogP contribution in [0.5, 0.6) is 0 Å². The fraction of sp³-hybridized carbons (Fsp3) is 0.538. The van der Waals surface area contributed by atoms with Gasteiger partial charge >= 0.3 is 0 Å². The van der Waals surface area contributed by atoms with Crippen LogP contribution < -0.4 is 11.5 Å². The van der Waals surface area contributed by atoms with Gasteiger partial charge in [0.25, 0.3) is 0 Å². The molecule has 1 unspecified atom stereocenters. The van der Waals surface area contributed by atoms with Crippen LogP contribution in [0, 0.1) is 11.7 Å². The Labute approximate surface area is 95.8 Å². The lowest BCUT2D eigenvalue weighted by Crippen LogP contribution is -2.32. The second-order valence-corrected chi connectivity index (χ2v) is 4.72. The van der Waals surface area contributed by atoms with Crippen molar-refractivity contribution in [2.45, 2.75) is 37.8 Å². The summed E-state index contributed by atoms with van der Waals surface area (Å²) in [7, 11) is 0. The summed E-state index contributed by atoms with van der Waals surface area (Å²) in [6.07, 6.45) is 4.03. The molecule has 1 aliphatic carbocycles. The van der Waals surface area contributed by atoms with Crippen molar-refractivity contribution in [2.24, 2.45) is 17.4 Å². The molecule has 1 saturated carbocycles. The van der Waals surface area contributed by atoms with Gasteiger partial charge in [-0.3, -0.25) is 0 Å². The van der Waals surface area contributed by atoms with Gasteiger partial charge in [0.2, 0.25) is 0 Å². The number of hydrogen-bond acceptors (Lipinski definition) is 2. The van der Waals surface area contributed by atoms with Crippen molar-refractivity contribution < 1.29 is 4.39 Å². The van der Waals surface area contributed by atoms with Gasteiger partial charge in [0.1, 0.15) is 5.82 Å². The van der Waals surface area contributed by atoms with Crippen molar-refractivity contribution in [3.05, 3.63) is 35.6 Å². The van der Waals surface area contributed by atoms with Gasteiger partial charge in [-0.25, -0.2) is 4.39 Å². The molecule has 0 amide bonds. The Morgan fingerprint density at radius 1 is 1.12 bits per heavy atom. The maximum atomic E-state index is 13.6. The van der Waals surface area contributed by atoms with E-state index in [0.717, 1.165) is 25.7 Å². The minimum Gasteiger partial charge on any atom is -0.328 e. The predicted octanol–water partition coefficient (Wildman–Crippen LogP) is 2.34. The van der Waals surface area contributed by atoms with Gasteiger partial charge in [0.15, 0.2) is 0 Å². The van der Waals surface area contributed by atoms with E-state index >= 15 is 0 Å². The molecule has 2 rings (SSSR count). The first-order chi connectivity index (χ1) is 7.68. The highest BCUT2D eigenvalue weighted by molar-refractivity contribution is 5.21. The van der Waals surface area contributed by atoms with Gasteiger partial charge in [-0.1, -0.05) is 18.2 Å². The highest BCUT2D eigenvalue weighted by Gasteiger charge is 2.26.